The Morgan fingerprint density at radius 1 is 1.10 bits per heavy atom. The van der Waals surface area contributed by atoms with Gasteiger partial charge in [0.05, 0.1) is 21.8 Å². The van der Waals surface area contributed by atoms with E-state index in [-0.39, 0.29) is 40.3 Å². The Hall–Kier alpha value is -3.64. The van der Waals surface area contributed by atoms with Gasteiger partial charge in [-0.3, -0.25) is 14.6 Å². The van der Waals surface area contributed by atoms with Gasteiger partial charge in [-0.05, 0) is 61.9 Å². The predicted octanol–water partition coefficient (Wildman–Crippen LogP) is 6.40. The summed E-state index contributed by atoms with van der Waals surface area (Å²) in [7, 11) is 0. The number of halogens is 7. The minimum atomic E-state index is -4.82. The van der Waals surface area contributed by atoms with Crippen LogP contribution in [0.1, 0.15) is 64.9 Å². The van der Waals surface area contributed by atoms with Crippen LogP contribution in [0.25, 0.3) is 0 Å². The van der Waals surface area contributed by atoms with Gasteiger partial charge in [-0.2, -0.15) is 13.2 Å². The van der Waals surface area contributed by atoms with Crippen LogP contribution < -0.4 is 10.2 Å². The Labute approximate surface area is 241 Å². The molecule has 2 aliphatic rings. The number of anilines is 1. The average Bonchev–Trinajstić information content (AvgIpc) is 3.16. The lowest BCUT2D eigenvalue weighted by molar-refractivity contribution is -0.138. The first-order chi connectivity index (χ1) is 19.8. The summed E-state index contributed by atoms with van der Waals surface area (Å²) in [6, 6.07) is 8.34. The Morgan fingerprint density at radius 2 is 1.79 bits per heavy atom. The van der Waals surface area contributed by atoms with Crippen molar-refractivity contribution in [3.05, 3.63) is 93.5 Å². The van der Waals surface area contributed by atoms with Crippen LogP contribution in [-0.4, -0.2) is 34.5 Å². The van der Waals surface area contributed by atoms with E-state index in [9.17, 15) is 41.0 Å². The van der Waals surface area contributed by atoms with Crippen molar-refractivity contribution in [1.29, 1.82) is 0 Å². The monoisotopic (exact) mass is 611 g/mol. The lowest BCUT2D eigenvalue weighted by Crippen LogP contribution is -2.45. The minimum Gasteiger partial charge on any atom is -0.372 e. The second-order valence-corrected chi connectivity index (χ2v) is 10.9. The number of fused-ring (bicyclic) bond motifs is 1. The van der Waals surface area contributed by atoms with Crippen molar-refractivity contribution in [2.24, 2.45) is 5.92 Å². The van der Waals surface area contributed by atoms with Crippen LogP contribution in [0, 0.1) is 11.7 Å². The number of rotatable bonds is 6. The molecule has 1 aromatic heterocycles. The van der Waals surface area contributed by atoms with Crippen LogP contribution in [0.15, 0.2) is 54.7 Å². The first-order valence-electron chi connectivity index (χ1n) is 13.1. The largest absolute Gasteiger partial charge is 0.416 e. The quantitative estimate of drug-likeness (QED) is 0.316. The third kappa shape index (κ3) is 5.45. The highest BCUT2D eigenvalue weighted by molar-refractivity contribution is 6.30. The smallest absolute Gasteiger partial charge is 0.372 e. The standard InChI is InChI=1S/C29H24ClF6N3O3/c30-17-12-19(24(25(32)33)37-13-17)26(40)38-18-8-5-15(6-9-18)14-39-23-4-2-1-3-20(23)28(42,27(39)41)21-11-16(29(34,35)36)7-10-22(21)31/h1-4,7,10-13,15,18,25,42H,5-6,8-9,14H2,(H,38,40). The van der Waals surface area contributed by atoms with Crippen LogP contribution in [-0.2, 0) is 16.6 Å². The van der Waals surface area contributed by atoms with Gasteiger partial charge < -0.3 is 15.3 Å². The number of aliphatic hydroxyl groups is 1. The summed E-state index contributed by atoms with van der Waals surface area (Å²) >= 11 is 5.84. The number of carbonyl (C=O) groups excluding carboxylic acids is 2. The van der Waals surface area contributed by atoms with E-state index in [1.165, 1.54) is 23.1 Å². The zero-order valence-corrected chi connectivity index (χ0v) is 22.5. The van der Waals surface area contributed by atoms with Crippen LogP contribution in [0.3, 0.4) is 0 Å². The van der Waals surface area contributed by atoms with Gasteiger partial charge in [0.15, 0.2) is 5.60 Å². The molecule has 0 spiro atoms. The van der Waals surface area contributed by atoms with Crippen molar-refractivity contribution < 1.29 is 41.0 Å². The van der Waals surface area contributed by atoms with Crippen LogP contribution in [0.4, 0.5) is 32.0 Å². The molecular weight excluding hydrogens is 588 g/mol. The average molecular weight is 612 g/mol. The molecule has 0 bridgehead atoms. The fraction of sp³-hybridized carbons (Fsp3) is 0.345. The minimum absolute atomic E-state index is 0.0286. The highest BCUT2D eigenvalue weighted by atomic mass is 35.5. The van der Waals surface area contributed by atoms with Crippen LogP contribution in [0.5, 0.6) is 0 Å². The maximum atomic E-state index is 14.9. The molecule has 1 aliphatic heterocycles. The topological polar surface area (TPSA) is 82.5 Å². The lowest BCUT2D eigenvalue weighted by Gasteiger charge is -2.32. The molecule has 42 heavy (non-hydrogen) atoms. The van der Waals surface area contributed by atoms with Gasteiger partial charge in [0, 0.05) is 29.9 Å². The number of carbonyl (C=O) groups is 2. The first kappa shape index (κ1) is 29.8. The summed E-state index contributed by atoms with van der Waals surface area (Å²) in [4.78, 5) is 31.2. The number of para-hydroxylation sites is 1. The zero-order chi connectivity index (χ0) is 30.4. The molecule has 1 saturated carbocycles. The fourth-order valence-electron chi connectivity index (χ4n) is 5.67. The molecule has 5 rings (SSSR count). The van der Waals surface area contributed by atoms with Gasteiger partial charge >= 0.3 is 6.18 Å². The maximum absolute atomic E-state index is 14.9. The Kier molecular flexibility index (Phi) is 7.97. The third-order valence-electron chi connectivity index (χ3n) is 7.78. The number of amides is 2. The second kappa shape index (κ2) is 11.2. The molecule has 1 atom stereocenters. The van der Waals surface area contributed by atoms with Crippen molar-refractivity contribution >= 4 is 29.1 Å². The van der Waals surface area contributed by atoms with Gasteiger partial charge in [0.1, 0.15) is 11.5 Å². The van der Waals surface area contributed by atoms with Gasteiger partial charge in [-0.15, -0.1) is 0 Å². The van der Waals surface area contributed by atoms with E-state index < -0.39 is 52.7 Å². The summed E-state index contributed by atoms with van der Waals surface area (Å²) in [6.07, 6.45) is -4.85. The Bertz CT molecular complexity index is 1530. The van der Waals surface area contributed by atoms with Gasteiger partial charge in [0.2, 0.25) is 0 Å². The third-order valence-corrected chi connectivity index (χ3v) is 7.99. The fourth-order valence-corrected chi connectivity index (χ4v) is 5.83. The molecule has 1 unspecified atom stereocenters. The number of nitrogens with zero attached hydrogens (tertiary/aromatic N) is 2. The van der Waals surface area contributed by atoms with Crippen molar-refractivity contribution in [2.45, 2.75) is 49.9 Å². The van der Waals surface area contributed by atoms with Crippen molar-refractivity contribution in [3.8, 4) is 0 Å². The molecule has 1 aliphatic carbocycles. The first-order valence-corrected chi connectivity index (χ1v) is 13.4. The summed E-state index contributed by atoms with van der Waals surface area (Å²) in [6.45, 7) is 0.0904. The molecule has 0 radical (unpaired) electrons. The number of nitrogens with one attached hydrogen (secondary N) is 1. The number of benzene rings is 2. The zero-order valence-electron chi connectivity index (χ0n) is 21.8. The number of alkyl halides is 5. The van der Waals surface area contributed by atoms with E-state index in [2.05, 4.69) is 10.3 Å². The maximum Gasteiger partial charge on any atom is 0.416 e. The van der Waals surface area contributed by atoms with Crippen LogP contribution >= 0.6 is 11.6 Å². The molecular formula is C29H24ClF6N3O3. The van der Waals surface area contributed by atoms with E-state index in [0.29, 0.717) is 43.9 Å². The second-order valence-electron chi connectivity index (χ2n) is 10.4. The SMILES string of the molecule is O=C(NC1CCC(CN2C(=O)C(O)(c3cc(C(F)(F)F)ccc3F)c3ccccc32)CC1)c1cc(Cl)cnc1C(F)F. The molecule has 2 N–H and O–H groups in total. The molecule has 2 aromatic carbocycles. The summed E-state index contributed by atoms with van der Waals surface area (Å²) < 4.78 is 81.8. The van der Waals surface area contributed by atoms with Crippen molar-refractivity contribution in [3.63, 3.8) is 0 Å². The summed E-state index contributed by atoms with van der Waals surface area (Å²) in [5.74, 6) is -2.99. The normalized spacial score (nSPS) is 22.4. The molecule has 13 heteroatoms. The van der Waals surface area contributed by atoms with E-state index in [1.54, 1.807) is 6.07 Å². The number of hydrogen-bond acceptors (Lipinski definition) is 4. The highest BCUT2D eigenvalue weighted by Gasteiger charge is 2.53. The molecule has 222 valence electrons. The van der Waals surface area contributed by atoms with E-state index in [1.807, 2.05) is 0 Å². The summed E-state index contributed by atoms with van der Waals surface area (Å²) in [5.41, 5.74) is -5.43. The number of aromatic nitrogens is 1. The molecule has 6 nitrogen and oxygen atoms in total. The molecule has 3 aromatic rings. The van der Waals surface area contributed by atoms with E-state index >= 15 is 0 Å². The van der Waals surface area contributed by atoms with Gasteiger partial charge in [-0.25, -0.2) is 13.2 Å². The Morgan fingerprint density at radius 3 is 2.45 bits per heavy atom. The number of hydrogen-bond donors (Lipinski definition) is 2. The molecule has 1 fully saturated rings. The summed E-state index contributed by atoms with van der Waals surface area (Å²) in [5, 5.41) is 14.3. The molecule has 2 heterocycles. The highest BCUT2D eigenvalue weighted by Crippen LogP contribution is 2.47. The van der Waals surface area contributed by atoms with E-state index in [4.69, 9.17) is 11.6 Å². The predicted molar refractivity (Wildman–Crippen MR) is 141 cm³/mol. The lowest BCUT2D eigenvalue weighted by atomic mass is 9.85. The van der Waals surface area contributed by atoms with Crippen molar-refractivity contribution in [2.75, 3.05) is 11.4 Å². The Balaban J connectivity index is 1.31. The van der Waals surface area contributed by atoms with Crippen molar-refractivity contribution in [1.82, 2.24) is 10.3 Å². The van der Waals surface area contributed by atoms with Gasteiger partial charge in [0.25, 0.3) is 18.2 Å². The van der Waals surface area contributed by atoms with Gasteiger partial charge in [-0.1, -0.05) is 29.8 Å². The van der Waals surface area contributed by atoms with E-state index in [0.717, 1.165) is 12.3 Å². The van der Waals surface area contributed by atoms with Crippen LogP contribution in [0.2, 0.25) is 5.02 Å². The number of pyridine rings is 1. The molecule has 0 saturated heterocycles. The molecule has 2 amide bonds.